The van der Waals surface area contributed by atoms with Crippen molar-refractivity contribution in [2.45, 2.75) is 10.6 Å². The van der Waals surface area contributed by atoms with Gasteiger partial charge in [0.1, 0.15) is 0 Å². The summed E-state index contributed by atoms with van der Waals surface area (Å²) < 4.78 is 5.41. The topological polar surface area (TPSA) is 54.5 Å². The van der Waals surface area contributed by atoms with E-state index in [4.69, 9.17) is 16.3 Å². The molecular weight excluding hydrogens is 418 g/mol. The van der Waals surface area contributed by atoms with Crippen LogP contribution < -0.4 is 10.2 Å². The number of ether oxygens (including phenoxy) is 1. The van der Waals surface area contributed by atoms with Crippen LogP contribution >= 0.6 is 23.4 Å². The van der Waals surface area contributed by atoms with Crippen molar-refractivity contribution in [1.82, 2.24) is 4.98 Å². The van der Waals surface area contributed by atoms with Crippen LogP contribution in [0.2, 0.25) is 5.02 Å². The fourth-order valence-electron chi connectivity index (χ4n) is 3.17. The van der Waals surface area contributed by atoms with Gasteiger partial charge in [0.05, 0.1) is 18.9 Å². The standard InChI is InChI=1S/C23H22ClN3O2S/c24-19-7-9-20(10-8-19)30-16-17-3-5-18(6-4-17)23(28)26-21-2-1-11-25-22(21)27-12-14-29-15-13-27/h1-11H,12-16H2,(H,26,28). The Hall–Kier alpha value is -2.54. The van der Waals surface area contributed by atoms with Crippen LogP contribution in [0.15, 0.2) is 71.8 Å². The number of thioether (sulfide) groups is 1. The van der Waals surface area contributed by atoms with Crippen LogP contribution in [0, 0.1) is 0 Å². The van der Waals surface area contributed by atoms with Gasteiger partial charge in [-0.1, -0.05) is 23.7 Å². The minimum atomic E-state index is -0.144. The molecule has 0 aliphatic carbocycles. The van der Waals surface area contributed by atoms with E-state index in [-0.39, 0.29) is 5.91 Å². The third kappa shape index (κ3) is 5.33. The van der Waals surface area contributed by atoms with E-state index >= 15 is 0 Å². The number of halogens is 1. The highest BCUT2D eigenvalue weighted by Crippen LogP contribution is 2.26. The van der Waals surface area contributed by atoms with Gasteiger partial charge in [0.25, 0.3) is 5.91 Å². The molecule has 0 unspecified atom stereocenters. The van der Waals surface area contributed by atoms with Crippen LogP contribution in [0.1, 0.15) is 15.9 Å². The largest absolute Gasteiger partial charge is 0.378 e. The Kier molecular flexibility index (Phi) is 6.89. The molecule has 1 fully saturated rings. The van der Waals surface area contributed by atoms with Crippen LogP contribution in [0.5, 0.6) is 0 Å². The van der Waals surface area contributed by atoms with Gasteiger partial charge in [-0.2, -0.15) is 0 Å². The zero-order valence-corrected chi connectivity index (χ0v) is 18.0. The Morgan fingerprint density at radius 1 is 1.07 bits per heavy atom. The third-order valence-corrected chi connectivity index (χ3v) is 6.12. The summed E-state index contributed by atoms with van der Waals surface area (Å²) in [6.45, 7) is 2.86. The summed E-state index contributed by atoms with van der Waals surface area (Å²) in [6, 6.07) is 19.2. The fourth-order valence-corrected chi connectivity index (χ4v) is 4.15. The first-order valence-electron chi connectivity index (χ1n) is 9.75. The summed E-state index contributed by atoms with van der Waals surface area (Å²) in [5.74, 6) is 1.47. The molecule has 2 heterocycles. The molecule has 4 rings (SSSR count). The number of pyridine rings is 1. The van der Waals surface area contributed by atoms with Gasteiger partial charge < -0.3 is 15.0 Å². The van der Waals surface area contributed by atoms with Crippen molar-refractivity contribution >= 4 is 40.8 Å². The van der Waals surface area contributed by atoms with E-state index in [0.29, 0.717) is 24.5 Å². The lowest BCUT2D eigenvalue weighted by molar-refractivity contribution is 0.102. The number of hydrogen-bond donors (Lipinski definition) is 1. The highest BCUT2D eigenvalue weighted by atomic mass is 35.5. The monoisotopic (exact) mass is 439 g/mol. The Labute approximate surface area is 185 Å². The SMILES string of the molecule is O=C(Nc1cccnc1N1CCOCC1)c1ccc(CSc2ccc(Cl)cc2)cc1. The van der Waals surface area contributed by atoms with Gasteiger partial charge in [0.2, 0.25) is 0 Å². The molecule has 1 aliphatic heterocycles. The number of anilines is 2. The van der Waals surface area contributed by atoms with Gasteiger partial charge >= 0.3 is 0 Å². The quantitative estimate of drug-likeness (QED) is 0.540. The van der Waals surface area contributed by atoms with Crippen molar-refractivity contribution in [3.63, 3.8) is 0 Å². The molecule has 3 aromatic rings. The molecule has 2 aromatic carbocycles. The Morgan fingerprint density at radius 3 is 2.53 bits per heavy atom. The second-order valence-corrected chi connectivity index (χ2v) is 8.35. The number of morpholine rings is 1. The van der Waals surface area contributed by atoms with Gasteiger partial charge in [0, 0.05) is 40.5 Å². The second kappa shape index (κ2) is 9.98. The van der Waals surface area contributed by atoms with Crippen LogP contribution in [-0.4, -0.2) is 37.2 Å². The van der Waals surface area contributed by atoms with Gasteiger partial charge in [-0.3, -0.25) is 4.79 Å². The molecule has 1 N–H and O–H groups in total. The number of rotatable bonds is 6. The maximum Gasteiger partial charge on any atom is 0.255 e. The number of amides is 1. The summed E-state index contributed by atoms with van der Waals surface area (Å²) >= 11 is 7.66. The minimum Gasteiger partial charge on any atom is -0.378 e. The van der Waals surface area contributed by atoms with Crippen LogP contribution in [0.25, 0.3) is 0 Å². The number of hydrogen-bond acceptors (Lipinski definition) is 5. The third-order valence-electron chi connectivity index (χ3n) is 4.78. The molecule has 0 saturated carbocycles. The number of nitrogens with one attached hydrogen (secondary N) is 1. The van der Waals surface area contributed by atoms with E-state index < -0.39 is 0 Å². The summed E-state index contributed by atoms with van der Waals surface area (Å²) in [6.07, 6.45) is 1.74. The Balaban J connectivity index is 1.39. The first-order chi connectivity index (χ1) is 14.7. The molecule has 1 saturated heterocycles. The average molecular weight is 440 g/mol. The van der Waals surface area contributed by atoms with Crippen molar-refractivity contribution in [2.24, 2.45) is 0 Å². The van der Waals surface area contributed by atoms with Gasteiger partial charge in [-0.25, -0.2) is 4.98 Å². The van der Waals surface area contributed by atoms with Crippen molar-refractivity contribution in [3.05, 3.63) is 83.0 Å². The maximum atomic E-state index is 12.8. The van der Waals surface area contributed by atoms with Gasteiger partial charge in [0.15, 0.2) is 5.82 Å². The molecule has 1 aliphatic rings. The first kappa shape index (κ1) is 20.7. The van der Waals surface area contributed by atoms with Crippen LogP contribution in [0.3, 0.4) is 0 Å². The molecule has 30 heavy (non-hydrogen) atoms. The summed E-state index contributed by atoms with van der Waals surface area (Å²) in [7, 11) is 0. The van der Waals surface area contributed by atoms with E-state index in [9.17, 15) is 4.79 Å². The predicted molar refractivity (Wildman–Crippen MR) is 123 cm³/mol. The van der Waals surface area contributed by atoms with Crippen LogP contribution in [-0.2, 0) is 10.5 Å². The fraction of sp³-hybridized carbons (Fsp3) is 0.217. The van der Waals surface area contributed by atoms with Crippen molar-refractivity contribution < 1.29 is 9.53 Å². The predicted octanol–water partition coefficient (Wildman–Crippen LogP) is 5.12. The molecule has 1 amide bonds. The molecule has 1 aromatic heterocycles. The lowest BCUT2D eigenvalue weighted by atomic mass is 10.1. The molecular formula is C23H22ClN3O2S. The van der Waals surface area contributed by atoms with Crippen molar-refractivity contribution in [3.8, 4) is 0 Å². The number of carbonyl (C=O) groups is 1. The normalized spacial score (nSPS) is 13.8. The van der Waals surface area contributed by atoms with E-state index in [1.807, 2.05) is 60.7 Å². The minimum absolute atomic E-state index is 0.144. The summed E-state index contributed by atoms with van der Waals surface area (Å²) in [5, 5.41) is 3.74. The molecule has 0 atom stereocenters. The number of carbonyl (C=O) groups excluding carboxylic acids is 1. The maximum absolute atomic E-state index is 12.8. The van der Waals surface area contributed by atoms with Crippen LogP contribution in [0.4, 0.5) is 11.5 Å². The molecule has 154 valence electrons. The Bertz CT molecular complexity index is 990. The molecule has 0 radical (unpaired) electrons. The Morgan fingerprint density at radius 2 is 1.80 bits per heavy atom. The average Bonchev–Trinajstić information content (AvgIpc) is 2.80. The lowest BCUT2D eigenvalue weighted by Crippen LogP contribution is -2.37. The van der Waals surface area contributed by atoms with Gasteiger partial charge in [-0.15, -0.1) is 11.8 Å². The zero-order valence-electron chi connectivity index (χ0n) is 16.4. The van der Waals surface area contributed by atoms with E-state index in [1.165, 1.54) is 0 Å². The highest BCUT2D eigenvalue weighted by molar-refractivity contribution is 7.98. The van der Waals surface area contributed by atoms with Crippen molar-refractivity contribution in [1.29, 1.82) is 0 Å². The molecule has 0 spiro atoms. The number of aromatic nitrogens is 1. The smallest absolute Gasteiger partial charge is 0.255 e. The van der Waals surface area contributed by atoms with Gasteiger partial charge in [-0.05, 0) is 54.1 Å². The van der Waals surface area contributed by atoms with E-state index in [1.54, 1.807) is 18.0 Å². The molecule has 5 nitrogen and oxygen atoms in total. The van der Waals surface area contributed by atoms with E-state index in [2.05, 4.69) is 15.2 Å². The summed E-state index contributed by atoms with van der Waals surface area (Å²) in [5.41, 5.74) is 2.49. The first-order valence-corrected chi connectivity index (χ1v) is 11.1. The highest BCUT2D eigenvalue weighted by Gasteiger charge is 2.17. The zero-order chi connectivity index (χ0) is 20.8. The second-order valence-electron chi connectivity index (χ2n) is 6.87. The molecule has 0 bridgehead atoms. The number of benzene rings is 2. The summed E-state index contributed by atoms with van der Waals surface area (Å²) in [4.78, 5) is 20.5. The van der Waals surface area contributed by atoms with E-state index in [0.717, 1.165) is 40.1 Å². The number of nitrogens with zero attached hydrogens (tertiary/aromatic N) is 2. The lowest BCUT2D eigenvalue weighted by Gasteiger charge is -2.29. The van der Waals surface area contributed by atoms with Crippen molar-refractivity contribution in [2.75, 3.05) is 36.5 Å². The molecule has 7 heteroatoms.